The molecule has 2 atom stereocenters. The highest BCUT2D eigenvalue weighted by Crippen LogP contribution is 2.23. The van der Waals surface area contributed by atoms with Crippen LogP contribution in [0.5, 0.6) is 0 Å². The van der Waals surface area contributed by atoms with E-state index in [0.29, 0.717) is 57.0 Å². The lowest BCUT2D eigenvalue weighted by Gasteiger charge is -2.27. The molecule has 0 aliphatic carbocycles. The molecule has 3 heterocycles. The van der Waals surface area contributed by atoms with Gasteiger partial charge in [-0.2, -0.15) is 4.31 Å². The fraction of sp³-hybridized carbons (Fsp3) is 0.611. The van der Waals surface area contributed by atoms with E-state index in [2.05, 4.69) is 5.32 Å². The predicted octanol–water partition coefficient (Wildman–Crippen LogP) is 0.674. The zero-order valence-electron chi connectivity index (χ0n) is 14.8. The topological polar surface area (TPSA) is 79.0 Å². The standard InChI is InChI=1S/C18H25N3O4S/c22-18(20-7-6-15-4-5-16(13-20)19-15)14-2-1-3-17(12-14)26(23,24)21-8-10-25-11-9-21/h1-3,12,15-16,19H,4-11,13H2/t15-,16+/m1/s1. The van der Waals surface area contributed by atoms with Gasteiger partial charge in [-0.05, 0) is 37.5 Å². The lowest BCUT2D eigenvalue weighted by Crippen LogP contribution is -2.41. The van der Waals surface area contributed by atoms with Gasteiger partial charge < -0.3 is 15.0 Å². The van der Waals surface area contributed by atoms with E-state index in [1.807, 2.05) is 4.90 Å². The number of morpholine rings is 1. The second-order valence-electron chi connectivity index (χ2n) is 7.22. The Morgan fingerprint density at radius 1 is 1.08 bits per heavy atom. The summed E-state index contributed by atoms with van der Waals surface area (Å²) in [6.07, 6.45) is 3.23. The molecular weight excluding hydrogens is 354 g/mol. The van der Waals surface area contributed by atoms with Gasteiger partial charge in [0.05, 0.1) is 18.1 Å². The molecule has 3 saturated heterocycles. The van der Waals surface area contributed by atoms with Crippen molar-refractivity contribution in [2.24, 2.45) is 0 Å². The first-order chi connectivity index (χ1) is 12.5. The second-order valence-corrected chi connectivity index (χ2v) is 9.16. The maximum absolute atomic E-state index is 13.0. The minimum atomic E-state index is -3.59. The van der Waals surface area contributed by atoms with E-state index in [-0.39, 0.29) is 10.8 Å². The van der Waals surface area contributed by atoms with Crippen LogP contribution in [0, 0.1) is 0 Å². The zero-order valence-corrected chi connectivity index (χ0v) is 15.6. The zero-order chi connectivity index (χ0) is 18.1. The summed E-state index contributed by atoms with van der Waals surface area (Å²) in [5.74, 6) is -0.0848. The van der Waals surface area contributed by atoms with E-state index >= 15 is 0 Å². The van der Waals surface area contributed by atoms with Gasteiger partial charge in [-0.3, -0.25) is 4.79 Å². The molecule has 3 aliphatic rings. The molecule has 8 heteroatoms. The highest BCUT2D eigenvalue weighted by Gasteiger charge is 2.32. The Morgan fingerprint density at radius 2 is 1.85 bits per heavy atom. The molecule has 0 spiro atoms. The molecule has 142 valence electrons. The summed E-state index contributed by atoms with van der Waals surface area (Å²) in [6.45, 7) is 2.91. The fourth-order valence-corrected chi connectivity index (χ4v) is 5.49. The lowest BCUT2D eigenvalue weighted by molar-refractivity contribution is 0.0729. The number of nitrogens with zero attached hydrogens (tertiary/aromatic N) is 2. The van der Waals surface area contributed by atoms with Crippen molar-refractivity contribution >= 4 is 15.9 Å². The summed E-state index contributed by atoms with van der Waals surface area (Å²) in [5, 5.41) is 3.56. The summed E-state index contributed by atoms with van der Waals surface area (Å²) in [7, 11) is -3.59. The Balaban J connectivity index is 1.54. The first kappa shape index (κ1) is 17.9. The number of amides is 1. The molecular formula is C18H25N3O4S. The van der Waals surface area contributed by atoms with E-state index in [1.54, 1.807) is 18.2 Å². The van der Waals surface area contributed by atoms with Crippen LogP contribution in [0.15, 0.2) is 29.2 Å². The third-order valence-corrected chi connectivity index (χ3v) is 7.39. The molecule has 26 heavy (non-hydrogen) atoms. The number of benzene rings is 1. The number of fused-ring (bicyclic) bond motifs is 2. The molecule has 1 aromatic rings. The Bertz CT molecular complexity index is 776. The Labute approximate surface area is 154 Å². The molecule has 0 saturated carbocycles. The number of hydrogen-bond donors (Lipinski definition) is 1. The van der Waals surface area contributed by atoms with Crippen LogP contribution in [0.4, 0.5) is 0 Å². The third-order valence-electron chi connectivity index (χ3n) is 5.50. The molecule has 3 aliphatic heterocycles. The van der Waals surface area contributed by atoms with Gasteiger partial charge >= 0.3 is 0 Å². The van der Waals surface area contributed by atoms with Crippen LogP contribution >= 0.6 is 0 Å². The quantitative estimate of drug-likeness (QED) is 0.835. The van der Waals surface area contributed by atoms with E-state index < -0.39 is 10.0 Å². The highest BCUT2D eigenvalue weighted by atomic mass is 32.2. The van der Waals surface area contributed by atoms with E-state index in [9.17, 15) is 13.2 Å². The number of hydrogen-bond acceptors (Lipinski definition) is 5. The van der Waals surface area contributed by atoms with E-state index in [0.717, 1.165) is 12.8 Å². The van der Waals surface area contributed by atoms with Crippen molar-refractivity contribution in [3.8, 4) is 0 Å². The van der Waals surface area contributed by atoms with E-state index in [1.165, 1.54) is 16.8 Å². The van der Waals surface area contributed by atoms with Crippen molar-refractivity contribution in [3.05, 3.63) is 29.8 Å². The molecule has 1 aromatic carbocycles. The Kier molecular flexibility index (Phi) is 5.00. The average Bonchev–Trinajstić information content (AvgIpc) is 3.01. The summed E-state index contributed by atoms with van der Waals surface area (Å²) < 4.78 is 32.3. The SMILES string of the molecule is O=C(c1cccc(S(=O)(=O)N2CCOCC2)c1)N1CC[C@H]2CC[C@@H](C1)N2. The van der Waals surface area contributed by atoms with Gasteiger partial charge in [0.15, 0.2) is 0 Å². The van der Waals surface area contributed by atoms with Gasteiger partial charge in [-0.25, -0.2) is 8.42 Å². The van der Waals surface area contributed by atoms with Crippen LogP contribution in [-0.4, -0.2) is 75.0 Å². The fourth-order valence-electron chi connectivity index (χ4n) is 4.04. The minimum absolute atomic E-state index is 0.0848. The summed E-state index contributed by atoms with van der Waals surface area (Å²) in [6, 6.07) is 7.30. The first-order valence-electron chi connectivity index (χ1n) is 9.27. The summed E-state index contributed by atoms with van der Waals surface area (Å²) >= 11 is 0. The van der Waals surface area contributed by atoms with Crippen LogP contribution in [0.2, 0.25) is 0 Å². The number of ether oxygens (including phenoxy) is 1. The molecule has 4 rings (SSSR count). The van der Waals surface area contributed by atoms with Gasteiger partial charge in [0.1, 0.15) is 0 Å². The van der Waals surface area contributed by atoms with Crippen LogP contribution in [0.25, 0.3) is 0 Å². The minimum Gasteiger partial charge on any atom is -0.379 e. The van der Waals surface area contributed by atoms with Gasteiger partial charge in [-0.15, -0.1) is 0 Å². The maximum atomic E-state index is 13.0. The molecule has 1 amide bonds. The maximum Gasteiger partial charge on any atom is 0.253 e. The average molecular weight is 379 g/mol. The van der Waals surface area contributed by atoms with Crippen molar-refractivity contribution in [1.82, 2.24) is 14.5 Å². The molecule has 2 bridgehead atoms. The lowest BCUT2D eigenvalue weighted by atomic mass is 10.1. The van der Waals surface area contributed by atoms with Crippen LogP contribution in [0.1, 0.15) is 29.6 Å². The third kappa shape index (κ3) is 3.51. The van der Waals surface area contributed by atoms with Crippen molar-refractivity contribution < 1.29 is 17.9 Å². The number of likely N-dealkylation sites (tertiary alicyclic amines) is 1. The second kappa shape index (κ2) is 7.26. The molecule has 0 unspecified atom stereocenters. The largest absolute Gasteiger partial charge is 0.379 e. The number of rotatable bonds is 3. The van der Waals surface area contributed by atoms with Crippen molar-refractivity contribution in [2.75, 3.05) is 39.4 Å². The monoisotopic (exact) mass is 379 g/mol. The predicted molar refractivity (Wildman–Crippen MR) is 96.5 cm³/mol. The number of nitrogens with one attached hydrogen (secondary N) is 1. The van der Waals surface area contributed by atoms with Crippen molar-refractivity contribution in [2.45, 2.75) is 36.2 Å². The van der Waals surface area contributed by atoms with Crippen molar-refractivity contribution in [1.29, 1.82) is 0 Å². The van der Waals surface area contributed by atoms with Gasteiger partial charge in [0.2, 0.25) is 10.0 Å². The molecule has 0 radical (unpaired) electrons. The Hall–Kier alpha value is -1.48. The normalized spacial score (nSPS) is 27.3. The Morgan fingerprint density at radius 3 is 2.65 bits per heavy atom. The number of carbonyl (C=O) groups is 1. The molecule has 7 nitrogen and oxygen atoms in total. The first-order valence-corrected chi connectivity index (χ1v) is 10.7. The number of carbonyl (C=O) groups excluding carboxylic acids is 1. The van der Waals surface area contributed by atoms with Gasteiger partial charge in [-0.1, -0.05) is 6.07 Å². The van der Waals surface area contributed by atoms with Crippen LogP contribution in [-0.2, 0) is 14.8 Å². The molecule has 3 fully saturated rings. The highest BCUT2D eigenvalue weighted by molar-refractivity contribution is 7.89. The molecule has 0 aromatic heterocycles. The van der Waals surface area contributed by atoms with Gasteiger partial charge in [0.25, 0.3) is 5.91 Å². The summed E-state index contributed by atoms with van der Waals surface area (Å²) in [5.41, 5.74) is 0.442. The van der Waals surface area contributed by atoms with Gasteiger partial charge in [0, 0.05) is 43.8 Å². The van der Waals surface area contributed by atoms with E-state index in [4.69, 9.17) is 4.74 Å². The number of sulfonamides is 1. The van der Waals surface area contributed by atoms with Crippen LogP contribution in [0.3, 0.4) is 0 Å². The van der Waals surface area contributed by atoms with Crippen molar-refractivity contribution in [3.63, 3.8) is 0 Å². The van der Waals surface area contributed by atoms with Crippen LogP contribution < -0.4 is 5.32 Å². The smallest absolute Gasteiger partial charge is 0.253 e. The summed E-state index contributed by atoms with van der Waals surface area (Å²) in [4.78, 5) is 15.0. The molecule has 1 N–H and O–H groups in total.